The number of aliphatic carboxylic acids is 1. The maximum atomic E-state index is 12.8. The molecule has 1 fully saturated rings. The highest BCUT2D eigenvalue weighted by molar-refractivity contribution is 7.89. The molecule has 1 heterocycles. The number of rotatable bonds is 8. The van der Waals surface area contributed by atoms with Gasteiger partial charge < -0.3 is 19.3 Å². The number of hydrogen-bond donors (Lipinski definition) is 1. The molecule has 1 atom stereocenters. The Morgan fingerprint density at radius 1 is 1.07 bits per heavy atom. The van der Waals surface area contributed by atoms with Crippen molar-refractivity contribution in [2.24, 2.45) is 0 Å². The minimum absolute atomic E-state index is 0.0426. The number of carboxylic acids is 1. The highest BCUT2D eigenvalue weighted by Gasteiger charge is 2.39. The van der Waals surface area contributed by atoms with E-state index in [1.165, 1.54) is 12.1 Å². The third kappa shape index (κ3) is 4.63. The van der Waals surface area contributed by atoms with Crippen molar-refractivity contribution in [3.8, 4) is 17.2 Å². The normalized spacial score (nSPS) is 17.1. The Hall–Kier alpha value is -2.78. The van der Waals surface area contributed by atoms with E-state index in [1.54, 1.807) is 32.4 Å². The zero-order chi connectivity index (χ0) is 21.0. The van der Waals surface area contributed by atoms with Crippen molar-refractivity contribution in [3.05, 3.63) is 48.0 Å². The van der Waals surface area contributed by atoms with Gasteiger partial charge in [0.2, 0.25) is 10.0 Å². The van der Waals surface area contributed by atoms with E-state index < -0.39 is 22.0 Å². The molecular weight excluding hydrogens is 398 g/mol. The Morgan fingerprint density at radius 2 is 1.69 bits per heavy atom. The van der Waals surface area contributed by atoms with E-state index in [0.29, 0.717) is 30.1 Å². The van der Waals surface area contributed by atoms with Crippen molar-refractivity contribution < 1.29 is 32.5 Å². The van der Waals surface area contributed by atoms with Gasteiger partial charge in [0, 0.05) is 12.6 Å². The Kier molecular flexibility index (Phi) is 6.29. The summed E-state index contributed by atoms with van der Waals surface area (Å²) < 4.78 is 42.8. The number of sulfonamides is 1. The van der Waals surface area contributed by atoms with Gasteiger partial charge in [-0.25, -0.2) is 8.42 Å². The van der Waals surface area contributed by atoms with Crippen LogP contribution in [0.5, 0.6) is 17.2 Å². The smallest absolute Gasteiger partial charge is 0.322 e. The van der Waals surface area contributed by atoms with Crippen LogP contribution in [0.3, 0.4) is 0 Å². The lowest BCUT2D eigenvalue weighted by molar-refractivity contribution is -0.140. The number of methoxy groups -OCH3 is 2. The van der Waals surface area contributed by atoms with Crippen molar-refractivity contribution in [1.82, 2.24) is 4.31 Å². The molecule has 0 radical (unpaired) electrons. The Balaban J connectivity index is 1.71. The average molecular weight is 421 g/mol. The van der Waals surface area contributed by atoms with Crippen LogP contribution in [-0.4, -0.2) is 50.6 Å². The summed E-state index contributed by atoms with van der Waals surface area (Å²) >= 11 is 0. The topological polar surface area (TPSA) is 102 Å². The molecule has 8 nitrogen and oxygen atoms in total. The first-order valence-electron chi connectivity index (χ1n) is 9.04. The van der Waals surface area contributed by atoms with Gasteiger partial charge in [-0.15, -0.1) is 0 Å². The largest absolute Gasteiger partial charge is 0.497 e. The van der Waals surface area contributed by atoms with Gasteiger partial charge in [0.1, 0.15) is 29.9 Å². The fourth-order valence-electron chi connectivity index (χ4n) is 3.23. The van der Waals surface area contributed by atoms with Crippen molar-refractivity contribution in [2.75, 3.05) is 20.8 Å². The van der Waals surface area contributed by atoms with Gasteiger partial charge in [-0.05, 0) is 54.8 Å². The van der Waals surface area contributed by atoms with Crippen LogP contribution in [-0.2, 0) is 21.4 Å². The minimum atomic E-state index is -3.87. The lowest BCUT2D eigenvalue weighted by atomic mass is 10.2. The molecule has 1 saturated heterocycles. The second-order valence-corrected chi connectivity index (χ2v) is 8.48. The molecule has 2 aromatic rings. The van der Waals surface area contributed by atoms with Crippen LogP contribution in [0.2, 0.25) is 0 Å². The maximum absolute atomic E-state index is 12.8. The highest BCUT2D eigenvalue weighted by atomic mass is 32.2. The van der Waals surface area contributed by atoms with Crippen LogP contribution in [0.1, 0.15) is 18.4 Å². The summed E-state index contributed by atoms with van der Waals surface area (Å²) in [6.07, 6.45) is 0.848. The molecule has 0 saturated carbocycles. The van der Waals surface area contributed by atoms with Gasteiger partial charge in [0.15, 0.2) is 0 Å². The first kappa shape index (κ1) is 20.9. The summed E-state index contributed by atoms with van der Waals surface area (Å²) in [6.45, 7) is 0.447. The minimum Gasteiger partial charge on any atom is -0.497 e. The predicted octanol–water partition coefficient (Wildman–Crippen LogP) is 2.52. The summed E-state index contributed by atoms with van der Waals surface area (Å²) in [5.41, 5.74) is 0.833. The van der Waals surface area contributed by atoms with Gasteiger partial charge >= 0.3 is 5.97 Å². The molecule has 29 heavy (non-hydrogen) atoms. The second kappa shape index (κ2) is 8.71. The standard InChI is InChI=1S/C20H23NO7S/c1-26-16-10-14(11-17(12-16)27-2)13-28-15-5-7-18(8-6-15)29(24,25)21-9-3-4-19(21)20(22)23/h5-8,10-12,19H,3-4,9,13H2,1-2H3,(H,22,23)/t19-/m1/s1. The summed E-state index contributed by atoms with van der Waals surface area (Å²) in [4.78, 5) is 11.4. The summed E-state index contributed by atoms with van der Waals surface area (Å²) in [5, 5.41) is 9.25. The van der Waals surface area contributed by atoms with E-state index >= 15 is 0 Å². The maximum Gasteiger partial charge on any atom is 0.322 e. The second-order valence-electron chi connectivity index (χ2n) is 6.59. The van der Waals surface area contributed by atoms with Crippen LogP contribution in [0.15, 0.2) is 47.4 Å². The summed E-state index contributed by atoms with van der Waals surface area (Å²) in [7, 11) is -0.744. The monoisotopic (exact) mass is 421 g/mol. The van der Waals surface area contributed by atoms with Gasteiger partial charge in [-0.1, -0.05) is 0 Å². The Bertz CT molecular complexity index is 951. The van der Waals surface area contributed by atoms with Crippen molar-refractivity contribution in [2.45, 2.75) is 30.4 Å². The van der Waals surface area contributed by atoms with Crippen molar-refractivity contribution >= 4 is 16.0 Å². The lowest BCUT2D eigenvalue weighted by Gasteiger charge is -2.21. The Labute approximate surface area is 169 Å². The molecule has 9 heteroatoms. The number of carboxylic acid groups (broad SMARTS) is 1. The van der Waals surface area contributed by atoms with Crippen LogP contribution in [0, 0.1) is 0 Å². The van der Waals surface area contributed by atoms with Crippen LogP contribution < -0.4 is 14.2 Å². The molecule has 0 aliphatic carbocycles. The molecule has 1 N–H and O–H groups in total. The Morgan fingerprint density at radius 3 is 2.24 bits per heavy atom. The molecular formula is C20H23NO7S. The van der Waals surface area contributed by atoms with Crippen LogP contribution >= 0.6 is 0 Å². The van der Waals surface area contributed by atoms with E-state index in [-0.39, 0.29) is 18.0 Å². The molecule has 0 amide bonds. The number of hydrogen-bond acceptors (Lipinski definition) is 6. The third-order valence-electron chi connectivity index (χ3n) is 4.74. The van der Waals surface area contributed by atoms with Gasteiger partial charge in [0.05, 0.1) is 19.1 Å². The summed E-state index contributed by atoms with van der Waals surface area (Å²) in [5.74, 6) is 0.646. The number of carbonyl (C=O) groups is 1. The molecule has 0 aromatic heterocycles. The van der Waals surface area contributed by atoms with Gasteiger partial charge in [-0.2, -0.15) is 4.31 Å². The van der Waals surface area contributed by atoms with Gasteiger partial charge in [-0.3, -0.25) is 4.79 Å². The average Bonchev–Trinajstić information content (AvgIpc) is 3.23. The van der Waals surface area contributed by atoms with Crippen molar-refractivity contribution in [3.63, 3.8) is 0 Å². The molecule has 1 aliphatic rings. The van der Waals surface area contributed by atoms with Crippen molar-refractivity contribution in [1.29, 1.82) is 0 Å². The third-order valence-corrected chi connectivity index (χ3v) is 6.66. The fraction of sp³-hybridized carbons (Fsp3) is 0.350. The first-order chi connectivity index (χ1) is 13.8. The van der Waals surface area contributed by atoms with Crippen LogP contribution in [0.4, 0.5) is 0 Å². The SMILES string of the molecule is COc1cc(COc2ccc(S(=O)(=O)N3CCC[C@@H]3C(=O)O)cc2)cc(OC)c1. The molecule has 156 valence electrons. The van der Waals surface area contributed by atoms with E-state index in [9.17, 15) is 18.3 Å². The lowest BCUT2D eigenvalue weighted by Crippen LogP contribution is -2.40. The van der Waals surface area contributed by atoms with Gasteiger partial charge in [0.25, 0.3) is 0 Å². The molecule has 0 spiro atoms. The van der Waals surface area contributed by atoms with Crippen LogP contribution in [0.25, 0.3) is 0 Å². The fourth-order valence-corrected chi connectivity index (χ4v) is 4.89. The highest BCUT2D eigenvalue weighted by Crippen LogP contribution is 2.28. The molecule has 0 bridgehead atoms. The first-order valence-corrected chi connectivity index (χ1v) is 10.5. The van der Waals surface area contributed by atoms with E-state index in [2.05, 4.69) is 0 Å². The zero-order valence-corrected chi connectivity index (χ0v) is 17.0. The predicted molar refractivity (Wildman–Crippen MR) is 105 cm³/mol. The zero-order valence-electron chi connectivity index (χ0n) is 16.2. The number of ether oxygens (including phenoxy) is 3. The van der Waals surface area contributed by atoms with E-state index in [0.717, 1.165) is 9.87 Å². The number of benzene rings is 2. The molecule has 0 unspecified atom stereocenters. The number of nitrogens with zero attached hydrogens (tertiary/aromatic N) is 1. The molecule has 2 aromatic carbocycles. The quantitative estimate of drug-likeness (QED) is 0.699. The molecule has 3 rings (SSSR count). The van der Waals surface area contributed by atoms with E-state index in [4.69, 9.17) is 14.2 Å². The van der Waals surface area contributed by atoms with E-state index in [1.807, 2.05) is 12.1 Å². The summed E-state index contributed by atoms with van der Waals surface area (Å²) in [6, 6.07) is 10.3. The molecule has 1 aliphatic heterocycles.